The van der Waals surface area contributed by atoms with E-state index in [9.17, 15) is 22.0 Å². The molecule has 1 rings (SSSR count). The zero-order chi connectivity index (χ0) is 16.2. The van der Waals surface area contributed by atoms with E-state index >= 15 is 0 Å². The lowest BCUT2D eigenvalue weighted by molar-refractivity contribution is 0.0941. The van der Waals surface area contributed by atoms with Crippen LogP contribution in [0.25, 0.3) is 0 Å². The first-order valence-electron chi connectivity index (χ1n) is 6.42. The minimum absolute atomic E-state index is 0.210. The minimum Gasteiger partial charge on any atom is -0.352 e. The summed E-state index contributed by atoms with van der Waals surface area (Å²) >= 11 is 0. The van der Waals surface area contributed by atoms with E-state index in [2.05, 4.69) is 5.32 Å². The van der Waals surface area contributed by atoms with E-state index in [0.717, 1.165) is 18.9 Å². The van der Waals surface area contributed by atoms with Crippen LogP contribution >= 0.6 is 10.7 Å². The molecule has 0 unspecified atom stereocenters. The molecule has 8 heteroatoms. The van der Waals surface area contributed by atoms with Gasteiger partial charge in [0.15, 0.2) is 11.6 Å². The first kappa shape index (κ1) is 17.8. The molecule has 21 heavy (non-hydrogen) atoms. The first-order valence-corrected chi connectivity index (χ1v) is 8.73. The highest BCUT2D eigenvalue weighted by Crippen LogP contribution is 2.21. The quantitative estimate of drug-likeness (QED) is 0.810. The number of carbonyl (C=O) groups is 1. The molecule has 0 radical (unpaired) electrons. The highest BCUT2D eigenvalue weighted by atomic mass is 35.7. The SMILES string of the molecule is CCC(CC)CNC(=O)c1cc(S(=O)(=O)Cl)cc(F)c1F. The smallest absolute Gasteiger partial charge is 0.261 e. The molecule has 4 nitrogen and oxygen atoms in total. The average Bonchev–Trinajstić information content (AvgIpc) is 2.41. The lowest BCUT2D eigenvalue weighted by Crippen LogP contribution is -2.30. The van der Waals surface area contributed by atoms with E-state index in [4.69, 9.17) is 10.7 Å². The maximum absolute atomic E-state index is 13.6. The molecule has 0 atom stereocenters. The van der Waals surface area contributed by atoms with Gasteiger partial charge < -0.3 is 5.32 Å². The summed E-state index contributed by atoms with van der Waals surface area (Å²) in [4.78, 5) is 11.2. The second kappa shape index (κ2) is 7.17. The molecule has 0 heterocycles. The number of carbonyl (C=O) groups excluding carboxylic acids is 1. The third-order valence-corrected chi connectivity index (χ3v) is 4.57. The predicted molar refractivity (Wildman–Crippen MR) is 75.8 cm³/mol. The number of hydrogen-bond donors (Lipinski definition) is 1. The molecule has 1 amide bonds. The molecule has 1 N–H and O–H groups in total. The summed E-state index contributed by atoms with van der Waals surface area (Å²) in [7, 11) is 0.830. The molecule has 0 aliphatic rings. The van der Waals surface area contributed by atoms with Gasteiger partial charge in [0, 0.05) is 17.2 Å². The summed E-state index contributed by atoms with van der Waals surface area (Å²) in [6.07, 6.45) is 1.65. The van der Waals surface area contributed by atoms with Crippen molar-refractivity contribution in [2.45, 2.75) is 31.6 Å². The molecular weight excluding hydrogens is 324 g/mol. The van der Waals surface area contributed by atoms with Crippen molar-refractivity contribution in [3.63, 3.8) is 0 Å². The molecule has 0 fully saturated rings. The molecule has 0 aliphatic heterocycles. The van der Waals surface area contributed by atoms with E-state index in [1.54, 1.807) is 0 Å². The molecule has 0 spiro atoms. The van der Waals surface area contributed by atoms with Crippen LogP contribution < -0.4 is 5.32 Å². The molecule has 0 aliphatic carbocycles. The fourth-order valence-electron chi connectivity index (χ4n) is 1.78. The monoisotopic (exact) mass is 339 g/mol. The third kappa shape index (κ3) is 4.64. The molecule has 1 aromatic carbocycles. The number of benzene rings is 1. The van der Waals surface area contributed by atoms with E-state index in [1.807, 2.05) is 13.8 Å². The second-order valence-electron chi connectivity index (χ2n) is 4.60. The Morgan fingerprint density at radius 1 is 1.29 bits per heavy atom. The van der Waals surface area contributed by atoms with Crippen molar-refractivity contribution in [2.24, 2.45) is 5.92 Å². The van der Waals surface area contributed by atoms with Gasteiger partial charge in [0.25, 0.3) is 15.0 Å². The standard InChI is InChI=1S/C13H16ClF2NO3S/c1-3-8(4-2)7-17-13(18)10-5-9(21(14,19)20)6-11(15)12(10)16/h5-6,8H,3-4,7H2,1-2H3,(H,17,18). The molecule has 118 valence electrons. The van der Waals surface area contributed by atoms with Gasteiger partial charge in [-0.3, -0.25) is 4.79 Å². The van der Waals surface area contributed by atoms with Gasteiger partial charge in [0.05, 0.1) is 10.5 Å². The maximum atomic E-state index is 13.6. The van der Waals surface area contributed by atoms with Crippen molar-refractivity contribution in [3.8, 4) is 0 Å². The predicted octanol–water partition coefficient (Wildman–Crippen LogP) is 3.06. The van der Waals surface area contributed by atoms with E-state index in [-0.39, 0.29) is 5.92 Å². The Hall–Kier alpha value is -1.21. The normalized spacial score (nSPS) is 11.7. The van der Waals surface area contributed by atoms with Crippen LogP contribution in [-0.2, 0) is 9.05 Å². The Labute approximate surface area is 126 Å². The molecule has 0 saturated carbocycles. The van der Waals surface area contributed by atoms with Crippen LogP contribution in [0.4, 0.5) is 8.78 Å². The Morgan fingerprint density at radius 2 is 1.86 bits per heavy atom. The highest BCUT2D eigenvalue weighted by Gasteiger charge is 2.22. The zero-order valence-electron chi connectivity index (χ0n) is 11.6. The van der Waals surface area contributed by atoms with Gasteiger partial charge in [-0.15, -0.1) is 0 Å². The van der Waals surface area contributed by atoms with Crippen LogP contribution in [0.1, 0.15) is 37.0 Å². The van der Waals surface area contributed by atoms with Crippen molar-refractivity contribution in [3.05, 3.63) is 29.3 Å². The van der Waals surface area contributed by atoms with Crippen molar-refractivity contribution in [1.29, 1.82) is 0 Å². The fraction of sp³-hybridized carbons (Fsp3) is 0.462. The number of halogens is 3. The fourth-order valence-corrected chi connectivity index (χ4v) is 2.55. The topological polar surface area (TPSA) is 63.2 Å². The van der Waals surface area contributed by atoms with Gasteiger partial charge in [-0.1, -0.05) is 26.7 Å². The Bertz CT molecular complexity index is 631. The molecular formula is C13H16ClF2NO3S. The van der Waals surface area contributed by atoms with Gasteiger partial charge in [-0.25, -0.2) is 17.2 Å². The lowest BCUT2D eigenvalue weighted by Gasteiger charge is -2.14. The number of amides is 1. The molecule has 0 saturated heterocycles. The van der Waals surface area contributed by atoms with Gasteiger partial charge in [-0.2, -0.15) is 0 Å². The summed E-state index contributed by atoms with van der Waals surface area (Å²) in [5.41, 5.74) is -0.680. The summed E-state index contributed by atoms with van der Waals surface area (Å²) in [5, 5.41) is 2.46. The Balaban J connectivity index is 3.06. The summed E-state index contributed by atoms with van der Waals surface area (Å²) in [6, 6.07) is 1.16. The van der Waals surface area contributed by atoms with Crippen molar-refractivity contribution in [2.75, 3.05) is 6.54 Å². The van der Waals surface area contributed by atoms with E-state index < -0.39 is 37.1 Å². The van der Waals surface area contributed by atoms with Gasteiger partial charge in [0.2, 0.25) is 0 Å². The third-order valence-electron chi connectivity index (χ3n) is 3.23. The van der Waals surface area contributed by atoms with Crippen LogP contribution in [0, 0.1) is 17.6 Å². The van der Waals surface area contributed by atoms with Gasteiger partial charge in [0.1, 0.15) is 0 Å². The summed E-state index contributed by atoms with van der Waals surface area (Å²) < 4.78 is 49.4. The lowest BCUT2D eigenvalue weighted by atomic mass is 10.0. The van der Waals surface area contributed by atoms with E-state index in [1.165, 1.54) is 0 Å². The average molecular weight is 340 g/mol. The maximum Gasteiger partial charge on any atom is 0.261 e. The highest BCUT2D eigenvalue weighted by molar-refractivity contribution is 8.13. The largest absolute Gasteiger partial charge is 0.352 e. The number of nitrogens with one attached hydrogen (secondary N) is 1. The summed E-state index contributed by atoms with van der Waals surface area (Å²) in [6.45, 7) is 4.19. The Kier molecular flexibility index (Phi) is 6.10. The number of hydrogen-bond acceptors (Lipinski definition) is 3. The second-order valence-corrected chi connectivity index (χ2v) is 7.16. The van der Waals surface area contributed by atoms with Crippen LogP contribution in [-0.4, -0.2) is 20.9 Å². The molecule has 1 aromatic rings. The van der Waals surface area contributed by atoms with Crippen molar-refractivity contribution in [1.82, 2.24) is 5.32 Å². The van der Waals surface area contributed by atoms with Crippen LogP contribution in [0.2, 0.25) is 0 Å². The molecule has 0 bridgehead atoms. The number of rotatable bonds is 6. The van der Waals surface area contributed by atoms with Crippen molar-refractivity contribution < 1.29 is 22.0 Å². The van der Waals surface area contributed by atoms with Crippen molar-refractivity contribution >= 4 is 25.6 Å². The minimum atomic E-state index is -4.25. The van der Waals surface area contributed by atoms with Crippen LogP contribution in [0.15, 0.2) is 17.0 Å². The zero-order valence-corrected chi connectivity index (χ0v) is 13.2. The van der Waals surface area contributed by atoms with Crippen LogP contribution in [0.3, 0.4) is 0 Å². The van der Waals surface area contributed by atoms with Gasteiger partial charge in [-0.05, 0) is 18.1 Å². The van der Waals surface area contributed by atoms with E-state index in [0.29, 0.717) is 12.6 Å². The molecule has 0 aromatic heterocycles. The Morgan fingerprint density at radius 3 is 2.33 bits per heavy atom. The first-order chi connectivity index (χ1) is 9.70. The summed E-state index contributed by atoms with van der Waals surface area (Å²) in [5.74, 6) is -3.51. The van der Waals surface area contributed by atoms with Gasteiger partial charge >= 0.3 is 0 Å². The van der Waals surface area contributed by atoms with Crippen LogP contribution in [0.5, 0.6) is 0 Å².